The van der Waals surface area contributed by atoms with E-state index in [1.54, 1.807) is 44.5 Å². The van der Waals surface area contributed by atoms with E-state index in [9.17, 15) is 33.9 Å². The fourth-order valence-corrected chi connectivity index (χ4v) is 9.60. The highest BCUT2D eigenvalue weighted by Crippen LogP contribution is 2.42. The fraction of sp³-hybridized carbons (Fsp3) is 0.733. The molecule has 2 saturated heterocycles. The minimum atomic E-state index is -1.13. The van der Waals surface area contributed by atoms with E-state index in [4.69, 9.17) is 14.2 Å². The van der Waals surface area contributed by atoms with Gasteiger partial charge in [-0.1, -0.05) is 71.4 Å². The van der Waals surface area contributed by atoms with Crippen LogP contribution in [0.1, 0.15) is 106 Å². The van der Waals surface area contributed by atoms with Gasteiger partial charge in [0, 0.05) is 40.3 Å². The molecule has 1 aromatic rings. The first-order valence-corrected chi connectivity index (χ1v) is 21.7. The van der Waals surface area contributed by atoms with Crippen molar-refractivity contribution >= 4 is 35.7 Å². The van der Waals surface area contributed by atoms with Crippen LogP contribution in [0.3, 0.4) is 0 Å². The molecule has 15 heteroatoms. The smallest absolute Gasteiger partial charge is 0.408 e. The quantitative estimate of drug-likeness (QED) is 0.166. The second-order valence-electron chi connectivity index (χ2n) is 18.5. The van der Waals surface area contributed by atoms with Crippen molar-refractivity contribution in [1.82, 2.24) is 25.3 Å². The van der Waals surface area contributed by atoms with E-state index < -0.39 is 77.8 Å². The number of likely N-dealkylation sites (N-methyl/N-ethyl adjacent to an activating group) is 1. The third-order valence-electron chi connectivity index (χ3n) is 12.9. The van der Waals surface area contributed by atoms with Gasteiger partial charge in [0.25, 0.3) is 0 Å². The number of likely N-dealkylation sites (tertiary alicyclic amines) is 2. The van der Waals surface area contributed by atoms with Gasteiger partial charge in [0.15, 0.2) is 0 Å². The minimum Gasteiger partial charge on any atom is -0.465 e. The third kappa shape index (κ3) is 11.6. The highest BCUT2D eigenvalue weighted by molar-refractivity contribution is 5.92. The number of esters is 1. The molecule has 15 nitrogen and oxygen atoms in total. The Labute approximate surface area is 356 Å². The maximum absolute atomic E-state index is 14.4. The van der Waals surface area contributed by atoms with Crippen LogP contribution in [-0.2, 0) is 44.6 Å². The predicted molar refractivity (Wildman–Crippen MR) is 226 cm³/mol. The van der Waals surface area contributed by atoms with Gasteiger partial charge in [-0.2, -0.15) is 0 Å². The summed E-state index contributed by atoms with van der Waals surface area (Å²) < 4.78 is 17.7. The molecule has 11 atom stereocenters. The number of amides is 5. The first-order valence-electron chi connectivity index (χ1n) is 21.7. The second kappa shape index (κ2) is 21.0. The SMILES string of the molecule is CC[C@H](C)[C@@H]([C@@H](CC(=O)N1CCCC1[C@H](OC)[C@@H](C)C(=O)NC(Cc1ccccc1)C(=O)OC(C)(C)C)OC)N(C)C(=O)C(NC(=O)[C@@H]1[C@H]2CC[C@H](C2)N1C(=O)O)C(C)C. The number of carbonyl (C=O) groups excluding carboxylic acids is 5. The van der Waals surface area contributed by atoms with E-state index in [0.717, 1.165) is 18.4 Å². The molecule has 3 fully saturated rings. The molecule has 1 aliphatic carbocycles. The van der Waals surface area contributed by atoms with Crippen LogP contribution >= 0.6 is 0 Å². The van der Waals surface area contributed by atoms with Gasteiger partial charge in [0.1, 0.15) is 23.7 Å². The lowest BCUT2D eigenvalue weighted by Crippen LogP contribution is -2.60. The lowest BCUT2D eigenvalue weighted by atomic mass is 9.89. The van der Waals surface area contributed by atoms with Gasteiger partial charge in [-0.25, -0.2) is 9.59 Å². The summed E-state index contributed by atoms with van der Waals surface area (Å²) >= 11 is 0. The summed E-state index contributed by atoms with van der Waals surface area (Å²) in [5.41, 5.74) is 0.102. The van der Waals surface area contributed by atoms with Crippen LogP contribution in [0.5, 0.6) is 0 Å². The summed E-state index contributed by atoms with van der Waals surface area (Å²) in [4.78, 5) is 86.4. The topological polar surface area (TPSA) is 184 Å². The van der Waals surface area contributed by atoms with Crippen molar-refractivity contribution in [3.8, 4) is 0 Å². The summed E-state index contributed by atoms with van der Waals surface area (Å²) in [6, 6.07) is 5.50. The number of carboxylic acid groups (broad SMARTS) is 1. The van der Waals surface area contributed by atoms with Crippen LogP contribution < -0.4 is 10.6 Å². The van der Waals surface area contributed by atoms with Gasteiger partial charge in [0.2, 0.25) is 23.6 Å². The normalized spacial score (nSPS) is 23.6. The van der Waals surface area contributed by atoms with Gasteiger partial charge in [-0.05, 0) is 76.2 Å². The van der Waals surface area contributed by atoms with E-state index in [-0.39, 0.29) is 48.5 Å². The van der Waals surface area contributed by atoms with Gasteiger partial charge in [-0.3, -0.25) is 24.1 Å². The number of nitrogens with zero attached hydrogens (tertiary/aromatic N) is 3. The first kappa shape index (κ1) is 48.4. The van der Waals surface area contributed by atoms with Crippen molar-refractivity contribution < 1.29 is 48.1 Å². The Hall–Kier alpha value is -4.24. The first-order chi connectivity index (χ1) is 28.2. The van der Waals surface area contributed by atoms with Crippen molar-refractivity contribution in [2.75, 3.05) is 27.8 Å². The highest BCUT2D eigenvalue weighted by atomic mass is 16.6. The summed E-state index contributed by atoms with van der Waals surface area (Å²) in [6.45, 7) is 15.2. The molecule has 1 saturated carbocycles. The largest absolute Gasteiger partial charge is 0.465 e. The van der Waals surface area contributed by atoms with Crippen molar-refractivity contribution in [1.29, 1.82) is 0 Å². The van der Waals surface area contributed by atoms with Crippen LogP contribution in [0, 0.1) is 23.7 Å². The Balaban J connectivity index is 1.49. The zero-order valence-corrected chi connectivity index (χ0v) is 37.6. The van der Waals surface area contributed by atoms with Crippen LogP contribution in [0.25, 0.3) is 0 Å². The van der Waals surface area contributed by atoms with E-state index in [1.807, 2.05) is 58.0 Å². The number of ether oxygens (including phenoxy) is 3. The minimum absolute atomic E-state index is 0.0498. The molecule has 3 N–H and O–H groups in total. The maximum Gasteiger partial charge on any atom is 0.408 e. The van der Waals surface area contributed by atoms with E-state index >= 15 is 0 Å². The number of methoxy groups -OCH3 is 2. The Morgan fingerprint density at radius 1 is 0.950 bits per heavy atom. The molecule has 336 valence electrons. The van der Waals surface area contributed by atoms with Gasteiger partial charge < -0.3 is 39.8 Å². The number of carbonyl (C=O) groups is 6. The number of rotatable bonds is 19. The highest BCUT2D eigenvalue weighted by Gasteiger charge is 2.52. The number of hydrogen-bond donors (Lipinski definition) is 3. The molecule has 0 radical (unpaired) electrons. The van der Waals surface area contributed by atoms with Crippen LogP contribution in [0.2, 0.25) is 0 Å². The average molecular weight is 842 g/mol. The molecule has 2 aliphatic heterocycles. The summed E-state index contributed by atoms with van der Waals surface area (Å²) in [7, 11) is 4.70. The maximum atomic E-state index is 14.4. The average Bonchev–Trinajstić information content (AvgIpc) is 3.96. The summed E-state index contributed by atoms with van der Waals surface area (Å²) in [5.74, 6) is -3.20. The van der Waals surface area contributed by atoms with Gasteiger partial charge in [0.05, 0.1) is 36.6 Å². The zero-order valence-electron chi connectivity index (χ0n) is 37.6. The molecular formula is C45H71N5O10. The predicted octanol–water partition coefficient (Wildman–Crippen LogP) is 4.65. The number of hydrogen-bond acceptors (Lipinski definition) is 9. The van der Waals surface area contributed by atoms with E-state index in [0.29, 0.717) is 32.2 Å². The number of benzene rings is 1. The van der Waals surface area contributed by atoms with Gasteiger partial charge in [-0.15, -0.1) is 0 Å². The molecule has 0 aromatic heterocycles. The summed E-state index contributed by atoms with van der Waals surface area (Å²) in [5, 5.41) is 15.8. The standard InChI is InChI=1S/C45H71N5O10/c1-12-27(4)37(48(9)42(54)36(26(2)3)47-41(53)38-30-20-21-31(24-30)50(38)44(56)57)34(58-10)25-35(51)49-22-16-19-33(49)39(59-11)28(5)40(52)46-32(43(55)60-45(6,7)8)23-29-17-14-13-15-18-29/h13-15,17-18,26-28,30-34,36-39H,12,16,19-25H2,1-11H3,(H,46,52)(H,47,53)(H,56,57)/t27-,28+,30-,31+,32?,33?,34+,36?,37-,38-,39+/m0/s1. The van der Waals surface area contributed by atoms with Crippen molar-refractivity contribution in [2.24, 2.45) is 23.7 Å². The number of nitrogens with one attached hydrogen (secondary N) is 2. The molecule has 3 unspecified atom stereocenters. The molecule has 3 aliphatic rings. The lowest BCUT2D eigenvalue weighted by molar-refractivity contribution is -0.159. The van der Waals surface area contributed by atoms with Crippen LogP contribution in [-0.4, -0.2) is 137 Å². The van der Waals surface area contributed by atoms with Crippen LogP contribution in [0.15, 0.2) is 30.3 Å². The van der Waals surface area contributed by atoms with Crippen molar-refractivity contribution in [2.45, 2.75) is 161 Å². The molecule has 4 rings (SSSR count). The Morgan fingerprint density at radius 3 is 2.18 bits per heavy atom. The van der Waals surface area contributed by atoms with Crippen molar-refractivity contribution in [3.63, 3.8) is 0 Å². The zero-order chi connectivity index (χ0) is 44.6. The Kier molecular flexibility index (Phi) is 17.0. The molecule has 60 heavy (non-hydrogen) atoms. The Morgan fingerprint density at radius 2 is 1.62 bits per heavy atom. The number of fused-ring (bicyclic) bond motifs is 2. The van der Waals surface area contributed by atoms with Gasteiger partial charge >= 0.3 is 12.1 Å². The monoisotopic (exact) mass is 842 g/mol. The Bertz CT molecular complexity index is 1650. The fourth-order valence-electron chi connectivity index (χ4n) is 9.60. The summed E-state index contributed by atoms with van der Waals surface area (Å²) in [6.07, 6.45) is 1.77. The molecule has 2 heterocycles. The second-order valence-corrected chi connectivity index (χ2v) is 18.5. The molecular weight excluding hydrogens is 771 g/mol. The lowest BCUT2D eigenvalue weighted by Gasteiger charge is -2.41. The molecule has 2 bridgehead atoms. The van der Waals surface area contributed by atoms with E-state index in [2.05, 4.69) is 10.6 Å². The van der Waals surface area contributed by atoms with E-state index in [1.165, 1.54) is 19.1 Å². The van der Waals surface area contributed by atoms with Crippen LogP contribution in [0.4, 0.5) is 4.79 Å². The number of piperidine rings is 1. The third-order valence-corrected chi connectivity index (χ3v) is 12.9. The molecule has 5 amide bonds. The molecule has 1 aromatic carbocycles. The van der Waals surface area contributed by atoms with Crippen molar-refractivity contribution in [3.05, 3.63) is 35.9 Å². The molecule has 0 spiro atoms.